The van der Waals surface area contributed by atoms with E-state index < -0.39 is 0 Å². The van der Waals surface area contributed by atoms with E-state index in [0.29, 0.717) is 54.2 Å². The van der Waals surface area contributed by atoms with Gasteiger partial charge in [-0.1, -0.05) is 26.0 Å². The third kappa shape index (κ3) is 3.47. The number of imidazole rings is 1. The molecule has 0 radical (unpaired) electrons. The van der Waals surface area contributed by atoms with E-state index in [1.54, 1.807) is 16.8 Å². The molecule has 0 atom stereocenters. The molecule has 0 saturated heterocycles. The van der Waals surface area contributed by atoms with Crippen molar-refractivity contribution in [3.8, 4) is 11.4 Å². The highest BCUT2D eigenvalue weighted by Crippen LogP contribution is 2.23. The van der Waals surface area contributed by atoms with Crippen molar-refractivity contribution in [2.45, 2.75) is 46.2 Å². The quantitative estimate of drug-likeness (QED) is 0.489. The molecule has 0 aliphatic rings. The second kappa shape index (κ2) is 8.10. The molecule has 9 heteroatoms. The largest absolute Gasteiger partial charge is 0.332 e. The Bertz CT molecular complexity index is 1310. The van der Waals surface area contributed by atoms with Gasteiger partial charge in [0.25, 0.3) is 5.56 Å². The monoisotopic (exact) mass is 410 g/mol. The fraction of sp³-hybridized carbons (Fsp3) is 0.333. The zero-order chi connectivity index (χ0) is 21.3. The van der Waals surface area contributed by atoms with Crippen LogP contribution in [0.5, 0.6) is 0 Å². The van der Waals surface area contributed by atoms with Crippen LogP contribution in [0.3, 0.4) is 0 Å². The number of nitrogens with zero attached hydrogens (tertiary/aromatic N) is 4. The molecule has 1 aromatic carbocycles. The fourth-order valence-electron chi connectivity index (χ4n) is 3.64. The van der Waals surface area contributed by atoms with Gasteiger partial charge in [-0.25, -0.2) is 14.2 Å². The lowest BCUT2D eigenvalue weighted by Crippen LogP contribution is -2.40. The highest BCUT2D eigenvalue weighted by atomic mass is 19.1. The number of H-pyrrole nitrogens is 2. The number of aromatic nitrogens is 6. The van der Waals surface area contributed by atoms with Gasteiger partial charge in [0.2, 0.25) is 0 Å². The molecule has 4 aromatic rings. The molecule has 0 amide bonds. The van der Waals surface area contributed by atoms with Crippen molar-refractivity contribution in [1.82, 2.24) is 29.3 Å². The minimum Gasteiger partial charge on any atom is -0.332 e. The zero-order valence-electron chi connectivity index (χ0n) is 16.9. The molecule has 0 spiro atoms. The van der Waals surface area contributed by atoms with Gasteiger partial charge in [0.1, 0.15) is 17.2 Å². The van der Waals surface area contributed by atoms with Gasteiger partial charge in [-0.15, -0.1) is 0 Å². The molecular weight excluding hydrogens is 387 g/mol. The Morgan fingerprint density at radius 3 is 2.60 bits per heavy atom. The number of halogens is 1. The van der Waals surface area contributed by atoms with Gasteiger partial charge in [0, 0.05) is 25.7 Å². The summed E-state index contributed by atoms with van der Waals surface area (Å²) >= 11 is 0. The highest BCUT2D eigenvalue weighted by Gasteiger charge is 2.19. The first kappa shape index (κ1) is 19.8. The van der Waals surface area contributed by atoms with Gasteiger partial charge in [0.05, 0.1) is 11.3 Å². The first-order valence-electron chi connectivity index (χ1n) is 10.0. The highest BCUT2D eigenvalue weighted by molar-refractivity contribution is 5.76. The zero-order valence-corrected chi connectivity index (χ0v) is 16.9. The van der Waals surface area contributed by atoms with Crippen LogP contribution in [0.2, 0.25) is 0 Å². The van der Waals surface area contributed by atoms with Crippen molar-refractivity contribution in [3.63, 3.8) is 0 Å². The molecule has 156 valence electrons. The SMILES string of the molecule is CCCn1c(=O)c2[nH]c(-c3c[nH]nc3Cc3cccc(F)c3)nc2n(CCC)c1=O. The van der Waals surface area contributed by atoms with Crippen LogP contribution >= 0.6 is 0 Å². The number of rotatable bonds is 7. The summed E-state index contributed by atoms with van der Waals surface area (Å²) in [6.07, 6.45) is 3.49. The van der Waals surface area contributed by atoms with E-state index in [-0.39, 0.29) is 17.1 Å². The molecule has 30 heavy (non-hydrogen) atoms. The predicted molar refractivity (Wildman–Crippen MR) is 112 cm³/mol. The molecule has 0 saturated carbocycles. The Morgan fingerprint density at radius 2 is 1.87 bits per heavy atom. The van der Waals surface area contributed by atoms with Crippen molar-refractivity contribution >= 4 is 11.2 Å². The third-order valence-electron chi connectivity index (χ3n) is 4.99. The maximum atomic E-state index is 13.5. The standard InChI is InChI=1S/C21H23FN6O2/c1-3-8-27-19-17(20(29)28(9-4-2)21(27)30)24-18(25-19)15-12-23-26-16(15)11-13-6-5-7-14(22)10-13/h5-7,10,12H,3-4,8-9,11H2,1-2H3,(H,23,26)(H,24,25). The Hall–Kier alpha value is -3.49. The van der Waals surface area contributed by atoms with Crippen LogP contribution < -0.4 is 11.2 Å². The van der Waals surface area contributed by atoms with E-state index in [9.17, 15) is 14.0 Å². The first-order chi connectivity index (χ1) is 14.5. The molecule has 0 unspecified atom stereocenters. The summed E-state index contributed by atoms with van der Waals surface area (Å²) in [5.74, 6) is 0.133. The number of hydrogen-bond donors (Lipinski definition) is 2. The van der Waals surface area contributed by atoms with Gasteiger partial charge in [0.15, 0.2) is 5.65 Å². The molecule has 0 aliphatic heterocycles. The fourth-order valence-corrected chi connectivity index (χ4v) is 3.64. The second-order valence-corrected chi connectivity index (χ2v) is 7.23. The van der Waals surface area contributed by atoms with Crippen LogP contribution in [-0.2, 0) is 19.5 Å². The van der Waals surface area contributed by atoms with Crippen LogP contribution in [-0.4, -0.2) is 29.3 Å². The molecule has 3 heterocycles. The average molecular weight is 410 g/mol. The van der Waals surface area contributed by atoms with Crippen LogP contribution in [0.1, 0.15) is 37.9 Å². The van der Waals surface area contributed by atoms with E-state index >= 15 is 0 Å². The molecule has 8 nitrogen and oxygen atoms in total. The molecular formula is C21H23FN6O2. The molecule has 0 fully saturated rings. The van der Waals surface area contributed by atoms with E-state index in [4.69, 9.17) is 0 Å². The minimum absolute atomic E-state index is 0.296. The normalized spacial score (nSPS) is 11.4. The van der Waals surface area contributed by atoms with E-state index in [2.05, 4.69) is 20.2 Å². The van der Waals surface area contributed by atoms with E-state index in [0.717, 1.165) is 12.0 Å². The number of nitrogens with one attached hydrogen (secondary N) is 2. The number of benzene rings is 1. The van der Waals surface area contributed by atoms with Crippen molar-refractivity contribution in [3.05, 3.63) is 68.4 Å². The summed E-state index contributed by atoms with van der Waals surface area (Å²) in [5, 5.41) is 7.09. The summed E-state index contributed by atoms with van der Waals surface area (Å²) in [6.45, 7) is 4.70. The molecule has 2 N–H and O–H groups in total. The Morgan fingerprint density at radius 1 is 1.10 bits per heavy atom. The summed E-state index contributed by atoms with van der Waals surface area (Å²) in [6, 6.07) is 6.32. The lowest BCUT2D eigenvalue weighted by atomic mass is 10.1. The topological polar surface area (TPSA) is 101 Å². The van der Waals surface area contributed by atoms with Crippen LogP contribution in [0.4, 0.5) is 4.39 Å². The third-order valence-corrected chi connectivity index (χ3v) is 4.99. The number of hydrogen-bond acceptors (Lipinski definition) is 4. The number of fused-ring (bicyclic) bond motifs is 1. The predicted octanol–water partition coefficient (Wildman–Crippen LogP) is 2.83. The van der Waals surface area contributed by atoms with Gasteiger partial charge in [-0.2, -0.15) is 5.10 Å². The average Bonchev–Trinajstić information content (AvgIpc) is 3.35. The molecule has 4 rings (SSSR count). The number of aryl methyl sites for hydroxylation is 1. The molecule has 0 bridgehead atoms. The van der Waals surface area contributed by atoms with Gasteiger partial charge in [-0.05, 0) is 30.5 Å². The molecule has 0 aliphatic carbocycles. The van der Waals surface area contributed by atoms with Crippen LogP contribution in [0.25, 0.3) is 22.6 Å². The maximum absolute atomic E-state index is 13.5. The number of aromatic amines is 2. The van der Waals surface area contributed by atoms with Crippen molar-refractivity contribution in [1.29, 1.82) is 0 Å². The second-order valence-electron chi connectivity index (χ2n) is 7.23. The van der Waals surface area contributed by atoms with E-state index in [1.807, 2.05) is 19.9 Å². The Kier molecular flexibility index (Phi) is 5.35. The molecule has 3 aromatic heterocycles. The maximum Gasteiger partial charge on any atom is 0.332 e. The lowest BCUT2D eigenvalue weighted by molar-refractivity contribution is 0.555. The van der Waals surface area contributed by atoms with Crippen molar-refractivity contribution < 1.29 is 4.39 Å². The lowest BCUT2D eigenvalue weighted by Gasteiger charge is -2.09. The van der Waals surface area contributed by atoms with Crippen molar-refractivity contribution in [2.75, 3.05) is 0 Å². The smallest absolute Gasteiger partial charge is 0.332 e. The summed E-state index contributed by atoms with van der Waals surface area (Å²) in [7, 11) is 0. The minimum atomic E-state index is -0.377. The summed E-state index contributed by atoms with van der Waals surface area (Å²) in [5.41, 5.74) is 2.02. The summed E-state index contributed by atoms with van der Waals surface area (Å²) < 4.78 is 16.3. The Balaban J connectivity index is 1.85. The van der Waals surface area contributed by atoms with Gasteiger partial charge < -0.3 is 4.98 Å². The Labute approximate surface area is 171 Å². The first-order valence-corrected chi connectivity index (χ1v) is 10.0. The van der Waals surface area contributed by atoms with Crippen molar-refractivity contribution in [2.24, 2.45) is 0 Å². The summed E-state index contributed by atoms with van der Waals surface area (Å²) in [4.78, 5) is 33.4. The van der Waals surface area contributed by atoms with E-state index in [1.165, 1.54) is 16.7 Å². The van der Waals surface area contributed by atoms with Gasteiger partial charge in [-0.3, -0.25) is 19.0 Å². The van der Waals surface area contributed by atoms with Crippen LogP contribution in [0.15, 0.2) is 40.1 Å². The van der Waals surface area contributed by atoms with Crippen LogP contribution in [0, 0.1) is 5.82 Å². The van der Waals surface area contributed by atoms with Gasteiger partial charge >= 0.3 is 5.69 Å².